The van der Waals surface area contributed by atoms with E-state index in [2.05, 4.69) is 150 Å². The molecule has 0 spiro atoms. The predicted molar refractivity (Wildman–Crippen MR) is 201 cm³/mol. The molecular formula is C44H40N2. The molecule has 2 aliphatic rings. The maximum atomic E-state index is 3.75. The maximum Gasteiger partial charge on any atom is 0.0551 e. The van der Waals surface area contributed by atoms with Gasteiger partial charge in [0.25, 0.3) is 0 Å². The van der Waals surface area contributed by atoms with Gasteiger partial charge in [-0.25, -0.2) is 0 Å². The largest absolute Gasteiger partial charge is 0.354 e. The van der Waals surface area contributed by atoms with Crippen LogP contribution in [0.3, 0.4) is 0 Å². The van der Waals surface area contributed by atoms with Crippen LogP contribution >= 0.6 is 0 Å². The van der Waals surface area contributed by atoms with Gasteiger partial charge in [-0.3, -0.25) is 0 Å². The zero-order valence-electron chi connectivity index (χ0n) is 27.0. The number of H-pyrrole nitrogens is 1. The minimum atomic E-state index is 1.03. The molecule has 0 fully saturated rings. The molecule has 0 radical (unpaired) electrons. The summed E-state index contributed by atoms with van der Waals surface area (Å²) in [5, 5.41) is 5.33. The first-order valence-corrected chi connectivity index (χ1v) is 16.4. The minimum absolute atomic E-state index is 1.03. The van der Waals surface area contributed by atoms with Crippen LogP contribution in [-0.4, -0.2) is 9.55 Å². The van der Waals surface area contributed by atoms with Gasteiger partial charge >= 0.3 is 0 Å². The Hall–Kier alpha value is -5.34. The van der Waals surface area contributed by atoms with Crippen molar-refractivity contribution in [2.24, 2.45) is 0 Å². The lowest BCUT2D eigenvalue weighted by Gasteiger charge is -2.18. The molecule has 2 heterocycles. The van der Waals surface area contributed by atoms with E-state index in [1.54, 1.807) is 6.08 Å². The number of allylic oxidation sites excluding steroid dienone is 4. The highest BCUT2D eigenvalue weighted by Crippen LogP contribution is 2.50. The summed E-state index contributed by atoms with van der Waals surface area (Å²) in [6, 6.07) is 39.9. The summed E-state index contributed by atoms with van der Waals surface area (Å²) in [6.07, 6.45) is 11.6. The summed E-state index contributed by atoms with van der Waals surface area (Å²) in [7, 11) is 0. The maximum absolute atomic E-state index is 3.75. The second kappa shape index (κ2) is 12.6. The number of nitrogens with one attached hydrogen (secondary N) is 1. The van der Waals surface area contributed by atoms with E-state index in [-0.39, 0.29) is 0 Å². The van der Waals surface area contributed by atoms with Crippen LogP contribution in [0.25, 0.3) is 72.3 Å². The molecule has 7 aromatic rings. The van der Waals surface area contributed by atoms with Gasteiger partial charge in [-0.05, 0) is 97.0 Å². The van der Waals surface area contributed by atoms with Crippen molar-refractivity contribution >= 4 is 44.2 Å². The molecule has 0 saturated carbocycles. The van der Waals surface area contributed by atoms with Crippen molar-refractivity contribution in [3.63, 3.8) is 0 Å². The van der Waals surface area contributed by atoms with E-state index in [4.69, 9.17) is 0 Å². The van der Waals surface area contributed by atoms with Crippen molar-refractivity contribution in [1.29, 1.82) is 0 Å². The average Bonchev–Trinajstić information content (AvgIpc) is 3.74. The van der Waals surface area contributed by atoms with Crippen molar-refractivity contribution in [3.05, 3.63) is 151 Å². The molecule has 5 aromatic carbocycles. The molecule has 2 aromatic heterocycles. The Labute approximate surface area is 272 Å². The van der Waals surface area contributed by atoms with Crippen molar-refractivity contribution in [1.82, 2.24) is 9.55 Å². The molecule has 226 valence electrons. The van der Waals surface area contributed by atoms with Crippen LogP contribution in [0.15, 0.2) is 134 Å². The monoisotopic (exact) mass is 596 g/mol. The quantitative estimate of drug-likeness (QED) is 0.196. The van der Waals surface area contributed by atoms with Gasteiger partial charge in [-0.15, -0.1) is 6.58 Å². The fraction of sp³-hybridized carbons (Fsp3) is 0.136. The third-order valence-electron chi connectivity index (χ3n) is 9.06. The molecule has 2 nitrogen and oxygen atoms in total. The molecule has 0 bridgehead atoms. The van der Waals surface area contributed by atoms with Crippen LogP contribution in [0.1, 0.15) is 50.4 Å². The summed E-state index contributed by atoms with van der Waals surface area (Å²) >= 11 is 0. The summed E-state index contributed by atoms with van der Waals surface area (Å²) in [5.41, 5.74) is 14.5. The average molecular weight is 597 g/mol. The van der Waals surface area contributed by atoms with E-state index >= 15 is 0 Å². The second-order valence-electron chi connectivity index (χ2n) is 11.9. The zero-order valence-corrected chi connectivity index (χ0v) is 27.0. The van der Waals surface area contributed by atoms with Gasteiger partial charge in [0.1, 0.15) is 0 Å². The Morgan fingerprint density at radius 2 is 1.52 bits per heavy atom. The van der Waals surface area contributed by atoms with Gasteiger partial charge in [-0.1, -0.05) is 104 Å². The number of rotatable bonds is 3. The Kier molecular flexibility index (Phi) is 8.03. The van der Waals surface area contributed by atoms with Crippen molar-refractivity contribution in [3.8, 4) is 28.1 Å². The predicted octanol–water partition coefficient (Wildman–Crippen LogP) is 12.6. The standard InChI is InChI=1S/C36H24N2.C5H10.C3H6/c1-2-10-25(11-3-1)38-32-15-5-4-12-26(32)29-20-24(17-19-33(29)38)23-16-18-31-30(21-23)35-27-13-6-8-22-9-7-14-28(34(22)27)36(35)37-31;1-3-5-4-2;1-3-2/h1-16,18,20-21,37H,17,19H2;3,5H,4H2,1-2H3;3H,1H2,2H3/b;5-3+;. The van der Waals surface area contributed by atoms with Gasteiger partial charge in [0.2, 0.25) is 0 Å². The Morgan fingerprint density at radius 1 is 0.783 bits per heavy atom. The number of fused-ring (bicyclic) bond motifs is 8. The third-order valence-corrected chi connectivity index (χ3v) is 9.06. The van der Waals surface area contributed by atoms with Crippen LogP contribution in [0.4, 0.5) is 0 Å². The van der Waals surface area contributed by atoms with Crippen molar-refractivity contribution in [2.75, 3.05) is 0 Å². The number of hydrogen-bond acceptors (Lipinski definition) is 0. The summed E-state index contributed by atoms with van der Waals surface area (Å²) in [5.74, 6) is 0. The number of nitrogens with zero attached hydrogens (tertiary/aromatic N) is 1. The zero-order chi connectivity index (χ0) is 31.6. The molecule has 0 unspecified atom stereocenters. The van der Waals surface area contributed by atoms with Crippen LogP contribution in [0.2, 0.25) is 0 Å². The van der Waals surface area contributed by atoms with E-state index in [1.165, 1.54) is 83.0 Å². The minimum Gasteiger partial charge on any atom is -0.354 e. The van der Waals surface area contributed by atoms with Crippen LogP contribution < -0.4 is 0 Å². The SMILES string of the molecule is C/C=C/CC.C1=C(c2ccc3[nH]c4c(c3c2)-c2cccc3cccc-4c23)CCc2c1c1ccccc1n2-c1ccccc1.C=CC. The number of aromatic nitrogens is 2. The molecular weight excluding hydrogens is 556 g/mol. The topological polar surface area (TPSA) is 20.7 Å². The van der Waals surface area contributed by atoms with Gasteiger partial charge < -0.3 is 9.55 Å². The molecule has 0 aliphatic heterocycles. The first-order chi connectivity index (χ1) is 22.7. The van der Waals surface area contributed by atoms with E-state index in [1.807, 2.05) is 13.8 Å². The molecule has 9 rings (SSSR count). The first kappa shape index (κ1) is 29.4. The fourth-order valence-electron chi connectivity index (χ4n) is 7.19. The summed E-state index contributed by atoms with van der Waals surface area (Å²) in [6.45, 7) is 9.41. The van der Waals surface area contributed by atoms with Crippen LogP contribution in [0.5, 0.6) is 0 Å². The Morgan fingerprint density at radius 3 is 2.26 bits per heavy atom. The highest BCUT2D eigenvalue weighted by atomic mass is 15.0. The molecule has 0 atom stereocenters. The lowest BCUT2D eigenvalue weighted by Crippen LogP contribution is -2.05. The highest BCUT2D eigenvalue weighted by molar-refractivity contribution is 6.21. The lowest BCUT2D eigenvalue weighted by molar-refractivity contribution is 0.898. The normalized spacial score (nSPS) is 12.7. The van der Waals surface area contributed by atoms with Gasteiger partial charge in [0.05, 0.1) is 11.2 Å². The number of hydrogen-bond donors (Lipinski definition) is 1. The Balaban J connectivity index is 0.000000383. The highest BCUT2D eigenvalue weighted by Gasteiger charge is 2.26. The summed E-state index contributed by atoms with van der Waals surface area (Å²) in [4.78, 5) is 3.75. The molecule has 2 heteroatoms. The van der Waals surface area contributed by atoms with Crippen LogP contribution in [0, 0.1) is 0 Å². The van der Waals surface area contributed by atoms with E-state index in [9.17, 15) is 0 Å². The molecule has 0 amide bonds. The summed E-state index contributed by atoms with van der Waals surface area (Å²) < 4.78 is 2.46. The van der Waals surface area contributed by atoms with Crippen molar-refractivity contribution in [2.45, 2.75) is 40.0 Å². The van der Waals surface area contributed by atoms with Gasteiger partial charge in [0, 0.05) is 44.4 Å². The lowest BCUT2D eigenvalue weighted by atomic mass is 9.90. The fourth-order valence-corrected chi connectivity index (χ4v) is 7.19. The number of benzene rings is 5. The molecule has 2 aliphatic carbocycles. The van der Waals surface area contributed by atoms with Crippen LogP contribution in [-0.2, 0) is 6.42 Å². The van der Waals surface area contributed by atoms with E-state index in [0.717, 1.165) is 19.3 Å². The number of aromatic amines is 1. The molecule has 0 saturated heterocycles. The smallest absolute Gasteiger partial charge is 0.0551 e. The second-order valence-corrected chi connectivity index (χ2v) is 11.9. The van der Waals surface area contributed by atoms with E-state index < -0.39 is 0 Å². The molecule has 46 heavy (non-hydrogen) atoms. The van der Waals surface area contributed by atoms with Gasteiger partial charge in [0.15, 0.2) is 0 Å². The first-order valence-electron chi connectivity index (χ1n) is 16.4. The number of para-hydroxylation sites is 2. The van der Waals surface area contributed by atoms with Crippen molar-refractivity contribution < 1.29 is 0 Å². The molecule has 1 N–H and O–H groups in total. The third kappa shape index (κ3) is 4.91. The van der Waals surface area contributed by atoms with Gasteiger partial charge in [-0.2, -0.15) is 0 Å². The van der Waals surface area contributed by atoms with E-state index in [0.29, 0.717) is 0 Å². The Bertz CT molecular complexity index is 2270.